The van der Waals surface area contributed by atoms with Gasteiger partial charge >= 0.3 is 0 Å². The molecule has 0 saturated carbocycles. The minimum Gasteiger partial charge on any atom is -0.506 e. The lowest BCUT2D eigenvalue weighted by molar-refractivity contribution is 0.0742. The van der Waals surface area contributed by atoms with Crippen LogP contribution in [0.2, 0.25) is 5.02 Å². The monoisotopic (exact) mass is 304 g/mol. The van der Waals surface area contributed by atoms with Crippen molar-refractivity contribution in [2.75, 3.05) is 12.8 Å². The number of carbonyl (C=O) groups excluding carboxylic acids is 1. The number of phenols is 1. The first kappa shape index (κ1) is 15.2. The maximum atomic E-state index is 12.5. The number of phenolic OH excluding ortho intramolecular Hbond substituents is 1. The van der Waals surface area contributed by atoms with Crippen LogP contribution >= 0.6 is 11.6 Å². The number of anilines is 1. The van der Waals surface area contributed by atoms with E-state index < -0.39 is 0 Å². The Bertz CT molecular complexity index is 673. The van der Waals surface area contributed by atoms with Gasteiger partial charge in [-0.25, -0.2) is 0 Å². The topological polar surface area (TPSA) is 66.6 Å². The molecule has 0 aromatic heterocycles. The van der Waals surface area contributed by atoms with E-state index in [9.17, 15) is 9.90 Å². The van der Waals surface area contributed by atoms with Crippen LogP contribution in [0.1, 0.15) is 28.9 Å². The molecule has 110 valence electrons. The van der Waals surface area contributed by atoms with Gasteiger partial charge in [-0.2, -0.15) is 0 Å². The SMILES string of the molecule is CC(c1ccccc1Cl)N(C)C(=O)c1ccc(N)c(O)c1. The van der Waals surface area contributed by atoms with Gasteiger partial charge in [0, 0.05) is 17.6 Å². The first-order valence-electron chi connectivity index (χ1n) is 6.52. The van der Waals surface area contributed by atoms with Gasteiger partial charge in [-0.3, -0.25) is 4.79 Å². The minimum absolute atomic E-state index is 0.0975. The lowest BCUT2D eigenvalue weighted by Gasteiger charge is -2.26. The number of carbonyl (C=O) groups is 1. The summed E-state index contributed by atoms with van der Waals surface area (Å²) in [6, 6.07) is 11.7. The molecule has 4 nitrogen and oxygen atoms in total. The predicted octanol–water partition coefficient (Wildman–Crippen LogP) is 3.46. The Labute approximate surface area is 128 Å². The highest BCUT2D eigenvalue weighted by atomic mass is 35.5. The summed E-state index contributed by atoms with van der Waals surface area (Å²) in [4.78, 5) is 14.0. The Kier molecular flexibility index (Phi) is 4.38. The maximum Gasteiger partial charge on any atom is 0.254 e. The molecule has 0 aliphatic heterocycles. The average Bonchev–Trinajstić information content (AvgIpc) is 2.48. The molecule has 0 aliphatic rings. The minimum atomic E-state index is -0.210. The number of hydrogen-bond donors (Lipinski definition) is 2. The van der Waals surface area contributed by atoms with E-state index in [0.29, 0.717) is 10.6 Å². The largest absolute Gasteiger partial charge is 0.506 e. The molecule has 0 heterocycles. The fourth-order valence-corrected chi connectivity index (χ4v) is 2.37. The van der Waals surface area contributed by atoms with Crippen molar-refractivity contribution < 1.29 is 9.90 Å². The molecule has 0 fully saturated rings. The molecular weight excluding hydrogens is 288 g/mol. The fraction of sp³-hybridized carbons (Fsp3) is 0.188. The van der Waals surface area contributed by atoms with Crippen LogP contribution in [0.4, 0.5) is 5.69 Å². The van der Waals surface area contributed by atoms with Crippen molar-refractivity contribution in [3.8, 4) is 5.75 Å². The molecule has 2 rings (SSSR count). The molecule has 1 unspecified atom stereocenters. The van der Waals surface area contributed by atoms with Crippen molar-refractivity contribution in [3.63, 3.8) is 0 Å². The summed E-state index contributed by atoms with van der Waals surface area (Å²) in [6.45, 7) is 1.90. The van der Waals surface area contributed by atoms with Gasteiger partial charge in [-0.05, 0) is 36.8 Å². The molecule has 0 radical (unpaired) electrons. The highest BCUT2D eigenvalue weighted by molar-refractivity contribution is 6.31. The molecule has 0 spiro atoms. The second-order valence-electron chi connectivity index (χ2n) is 4.89. The van der Waals surface area contributed by atoms with Gasteiger partial charge in [-0.1, -0.05) is 29.8 Å². The van der Waals surface area contributed by atoms with Gasteiger partial charge < -0.3 is 15.7 Å². The van der Waals surface area contributed by atoms with E-state index in [2.05, 4.69) is 0 Å². The average molecular weight is 305 g/mol. The quantitative estimate of drug-likeness (QED) is 0.674. The fourth-order valence-electron chi connectivity index (χ4n) is 2.08. The van der Waals surface area contributed by atoms with Crippen LogP contribution in [0.15, 0.2) is 42.5 Å². The zero-order valence-corrected chi connectivity index (χ0v) is 12.6. The van der Waals surface area contributed by atoms with Crippen molar-refractivity contribution in [2.45, 2.75) is 13.0 Å². The lowest BCUT2D eigenvalue weighted by atomic mass is 10.1. The van der Waals surface area contributed by atoms with Crippen LogP contribution in [-0.2, 0) is 0 Å². The van der Waals surface area contributed by atoms with E-state index in [4.69, 9.17) is 17.3 Å². The molecule has 1 amide bonds. The second kappa shape index (κ2) is 6.06. The Balaban J connectivity index is 2.26. The van der Waals surface area contributed by atoms with Crippen LogP contribution in [-0.4, -0.2) is 23.0 Å². The summed E-state index contributed by atoms with van der Waals surface area (Å²) in [5.74, 6) is -0.308. The summed E-state index contributed by atoms with van der Waals surface area (Å²) >= 11 is 6.17. The van der Waals surface area contributed by atoms with Gasteiger partial charge in [-0.15, -0.1) is 0 Å². The number of nitrogens with zero attached hydrogens (tertiary/aromatic N) is 1. The van der Waals surface area contributed by atoms with E-state index >= 15 is 0 Å². The number of nitrogen functional groups attached to an aromatic ring is 1. The normalized spacial score (nSPS) is 12.0. The first-order chi connectivity index (χ1) is 9.91. The highest BCUT2D eigenvalue weighted by Crippen LogP contribution is 2.28. The third-order valence-corrected chi connectivity index (χ3v) is 3.88. The van der Waals surface area contributed by atoms with Crippen molar-refractivity contribution in [1.82, 2.24) is 4.90 Å². The van der Waals surface area contributed by atoms with E-state index in [0.717, 1.165) is 5.56 Å². The van der Waals surface area contributed by atoms with E-state index in [1.165, 1.54) is 12.1 Å². The van der Waals surface area contributed by atoms with Gasteiger partial charge in [0.15, 0.2) is 0 Å². The van der Waals surface area contributed by atoms with E-state index in [-0.39, 0.29) is 23.4 Å². The van der Waals surface area contributed by atoms with Crippen LogP contribution < -0.4 is 5.73 Å². The zero-order valence-electron chi connectivity index (χ0n) is 11.9. The standard InChI is InChI=1S/C16H17ClN2O2/c1-10(12-5-3-4-6-13(12)17)19(2)16(21)11-7-8-14(18)15(20)9-11/h3-10,20H,18H2,1-2H3. The molecule has 21 heavy (non-hydrogen) atoms. The molecular formula is C16H17ClN2O2. The number of benzene rings is 2. The van der Waals surface area contributed by atoms with Gasteiger partial charge in [0.25, 0.3) is 5.91 Å². The lowest BCUT2D eigenvalue weighted by Crippen LogP contribution is -2.29. The Hall–Kier alpha value is -2.20. The molecule has 2 aromatic rings. The Morgan fingerprint density at radius 2 is 1.95 bits per heavy atom. The predicted molar refractivity (Wildman–Crippen MR) is 84.5 cm³/mol. The molecule has 3 N–H and O–H groups in total. The van der Waals surface area contributed by atoms with Crippen molar-refractivity contribution in [1.29, 1.82) is 0 Å². The molecule has 2 aromatic carbocycles. The number of amides is 1. The summed E-state index contributed by atoms with van der Waals surface area (Å²) in [5.41, 5.74) is 7.04. The second-order valence-corrected chi connectivity index (χ2v) is 5.29. The third kappa shape index (κ3) is 3.11. The number of rotatable bonds is 3. The number of nitrogens with two attached hydrogens (primary N) is 1. The van der Waals surface area contributed by atoms with Crippen molar-refractivity contribution >= 4 is 23.2 Å². The summed E-state index contributed by atoms with van der Waals surface area (Å²) < 4.78 is 0. The van der Waals surface area contributed by atoms with Crippen LogP contribution in [0.5, 0.6) is 5.75 Å². The van der Waals surface area contributed by atoms with Gasteiger partial charge in [0.2, 0.25) is 0 Å². The smallest absolute Gasteiger partial charge is 0.254 e. The molecule has 0 saturated heterocycles. The third-order valence-electron chi connectivity index (χ3n) is 3.53. The number of aromatic hydroxyl groups is 1. The molecule has 1 atom stereocenters. The molecule has 0 bridgehead atoms. The van der Waals surface area contributed by atoms with Crippen LogP contribution in [0, 0.1) is 0 Å². The number of hydrogen-bond acceptors (Lipinski definition) is 3. The van der Waals surface area contributed by atoms with Crippen molar-refractivity contribution in [3.05, 3.63) is 58.6 Å². The zero-order chi connectivity index (χ0) is 15.6. The van der Waals surface area contributed by atoms with Crippen LogP contribution in [0.25, 0.3) is 0 Å². The van der Waals surface area contributed by atoms with Gasteiger partial charge in [0.05, 0.1) is 11.7 Å². The first-order valence-corrected chi connectivity index (χ1v) is 6.89. The van der Waals surface area contributed by atoms with E-state index in [1.807, 2.05) is 25.1 Å². The van der Waals surface area contributed by atoms with E-state index in [1.54, 1.807) is 24.1 Å². The maximum absolute atomic E-state index is 12.5. The van der Waals surface area contributed by atoms with Gasteiger partial charge in [0.1, 0.15) is 5.75 Å². The van der Waals surface area contributed by atoms with Crippen molar-refractivity contribution in [2.24, 2.45) is 0 Å². The Morgan fingerprint density at radius 3 is 2.57 bits per heavy atom. The van der Waals surface area contributed by atoms with Crippen LogP contribution in [0.3, 0.4) is 0 Å². The Morgan fingerprint density at radius 1 is 1.29 bits per heavy atom. The summed E-state index contributed by atoms with van der Waals surface area (Å²) in [5, 5.41) is 10.2. The molecule has 0 aliphatic carbocycles. The highest BCUT2D eigenvalue weighted by Gasteiger charge is 2.21. The summed E-state index contributed by atoms with van der Waals surface area (Å²) in [7, 11) is 1.70. The summed E-state index contributed by atoms with van der Waals surface area (Å²) in [6.07, 6.45) is 0. The molecule has 5 heteroatoms. The number of halogens is 1.